The van der Waals surface area contributed by atoms with Gasteiger partial charge >= 0.3 is 0 Å². The number of benzene rings is 1. The van der Waals surface area contributed by atoms with Crippen LogP contribution in [0.25, 0.3) is 0 Å². The molecule has 1 aromatic rings. The fraction of sp³-hybridized carbons (Fsp3) is 0.571. The summed E-state index contributed by atoms with van der Waals surface area (Å²) in [5, 5.41) is 0.733. The van der Waals surface area contributed by atoms with E-state index in [1.165, 1.54) is 30.6 Å². The van der Waals surface area contributed by atoms with Crippen LogP contribution in [0, 0.1) is 5.92 Å². The molecule has 1 aliphatic rings. The number of hydrogen-bond donors (Lipinski definition) is 1. The average molecular weight is 251 g/mol. The molecule has 0 aliphatic heterocycles. The van der Waals surface area contributed by atoms with Gasteiger partial charge in [-0.15, -0.1) is 11.8 Å². The smallest absolute Gasteiger partial charge is 0.134 e. The van der Waals surface area contributed by atoms with Gasteiger partial charge in [-0.05, 0) is 30.9 Å². The Hall–Kier alpha value is -0.830. The van der Waals surface area contributed by atoms with Crippen molar-refractivity contribution >= 4 is 17.4 Å². The molecule has 2 atom stereocenters. The maximum Gasteiger partial charge on any atom is 0.134 e. The molecule has 0 spiro atoms. The fourth-order valence-electron chi connectivity index (χ4n) is 2.45. The lowest BCUT2D eigenvalue weighted by Gasteiger charge is -2.26. The summed E-state index contributed by atoms with van der Waals surface area (Å²) >= 11 is 1.95. The summed E-state index contributed by atoms with van der Waals surface area (Å²) in [6, 6.07) is 5.95. The number of anilines is 1. The van der Waals surface area contributed by atoms with E-state index in [0.29, 0.717) is 0 Å². The standard InChI is InChI=1S/C14H21NOS/c1-10-4-3-5-12(8-10)17-14-7-6-11(15)9-13(14)16-2/h6-7,9-10,12H,3-5,8,15H2,1-2H3. The van der Waals surface area contributed by atoms with Crippen molar-refractivity contribution in [3.8, 4) is 5.75 Å². The van der Waals surface area contributed by atoms with Gasteiger partial charge in [0.2, 0.25) is 0 Å². The molecular formula is C14H21NOS. The van der Waals surface area contributed by atoms with E-state index in [1.807, 2.05) is 23.9 Å². The molecule has 1 fully saturated rings. The molecule has 94 valence electrons. The SMILES string of the molecule is COc1cc(N)ccc1SC1CCCC(C)C1. The van der Waals surface area contributed by atoms with Gasteiger partial charge in [0.15, 0.2) is 0 Å². The predicted molar refractivity (Wildman–Crippen MR) is 74.7 cm³/mol. The van der Waals surface area contributed by atoms with E-state index in [1.54, 1.807) is 7.11 Å². The van der Waals surface area contributed by atoms with Crippen LogP contribution in [0.4, 0.5) is 5.69 Å². The molecule has 2 nitrogen and oxygen atoms in total. The van der Waals surface area contributed by atoms with Gasteiger partial charge in [0.25, 0.3) is 0 Å². The van der Waals surface area contributed by atoms with E-state index in [0.717, 1.165) is 22.6 Å². The minimum Gasteiger partial charge on any atom is -0.496 e. The van der Waals surface area contributed by atoms with Crippen LogP contribution in [0.15, 0.2) is 23.1 Å². The Kier molecular flexibility index (Phi) is 4.21. The molecule has 0 saturated heterocycles. The second-order valence-electron chi connectivity index (χ2n) is 4.92. The van der Waals surface area contributed by atoms with Crippen LogP contribution in [0.2, 0.25) is 0 Å². The number of nitrogen functional groups attached to an aromatic ring is 1. The van der Waals surface area contributed by atoms with Crippen LogP contribution in [0.1, 0.15) is 32.6 Å². The quantitative estimate of drug-likeness (QED) is 0.826. The molecule has 17 heavy (non-hydrogen) atoms. The van der Waals surface area contributed by atoms with Crippen molar-refractivity contribution in [1.29, 1.82) is 0 Å². The highest BCUT2D eigenvalue weighted by Crippen LogP contribution is 2.40. The van der Waals surface area contributed by atoms with E-state index in [4.69, 9.17) is 10.5 Å². The second kappa shape index (κ2) is 5.67. The van der Waals surface area contributed by atoms with Gasteiger partial charge in [0.1, 0.15) is 5.75 Å². The van der Waals surface area contributed by atoms with Crippen LogP contribution in [-0.2, 0) is 0 Å². The number of thioether (sulfide) groups is 1. The van der Waals surface area contributed by atoms with Crippen molar-refractivity contribution in [1.82, 2.24) is 0 Å². The van der Waals surface area contributed by atoms with Gasteiger partial charge < -0.3 is 10.5 Å². The molecular weight excluding hydrogens is 230 g/mol. The van der Waals surface area contributed by atoms with Crippen molar-refractivity contribution < 1.29 is 4.74 Å². The highest BCUT2D eigenvalue weighted by atomic mass is 32.2. The van der Waals surface area contributed by atoms with Crippen molar-refractivity contribution in [2.24, 2.45) is 5.92 Å². The van der Waals surface area contributed by atoms with Crippen molar-refractivity contribution in [3.05, 3.63) is 18.2 Å². The van der Waals surface area contributed by atoms with Gasteiger partial charge in [-0.25, -0.2) is 0 Å². The number of nitrogens with two attached hydrogens (primary N) is 1. The van der Waals surface area contributed by atoms with Crippen LogP contribution in [-0.4, -0.2) is 12.4 Å². The summed E-state index contributed by atoms with van der Waals surface area (Å²) in [6.07, 6.45) is 5.38. The zero-order chi connectivity index (χ0) is 12.3. The van der Waals surface area contributed by atoms with Gasteiger partial charge in [-0.1, -0.05) is 19.8 Å². The van der Waals surface area contributed by atoms with Gasteiger partial charge in [-0.2, -0.15) is 0 Å². The summed E-state index contributed by atoms with van der Waals surface area (Å²) in [7, 11) is 1.71. The molecule has 1 saturated carbocycles. The summed E-state index contributed by atoms with van der Waals surface area (Å²) in [5.41, 5.74) is 6.54. The molecule has 0 heterocycles. The molecule has 2 N–H and O–H groups in total. The third kappa shape index (κ3) is 3.32. The van der Waals surface area contributed by atoms with Gasteiger partial charge in [0, 0.05) is 21.9 Å². The lowest BCUT2D eigenvalue weighted by Crippen LogP contribution is -2.15. The first-order chi connectivity index (χ1) is 8.19. The summed E-state index contributed by atoms with van der Waals surface area (Å²) in [5.74, 6) is 1.77. The lowest BCUT2D eigenvalue weighted by atomic mass is 9.91. The van der Waals surface area contributed by atoms with Crippen molar-refractivity contribution in [2.45, 2.75) is 42.8 Å². The molecule has 3 heteroatoms. The van der Waals surface area contributed by atoms with Crippen LogP contribution >= 0.6 is 11.8 Å². The number of hydrogen-bond acceptors (Lipinski definition) is 3. The Morgan fingerprint density at radius 1 is 1.35 bits per heavy atom. The number of rotatable bonds is 3. The van der Waals surface area contributed by atoms with Gasteiger partial charge in [-0.3, -0.25) is 0 Å². The third-order valence-electron chi connectivity index (χ3n) is 3.37. The maximum atomic E-state index is 5.77. The molecule has 2 rings (SSSR count). The molecule has 0 bridgehead atoms. The molecule has 1 aromatic carbocycles. The number of ether oxygens (including phenoxy) is 1. The zero-order valence-electron chi connectivity index (χ0n) is 10.6. The fourth-order valence-corrected chi connectivity index (χ4v) is 3.92. The first kappa shape index (κ1) is 12.6. The average Bonchev–Trinajstić information content (AvgIpc) is 2.31. The zero-order valence-corrected chi connectivity index (χ0v) is 11.4. The summed E-state index contributed by atoms with van der Waals surface area (Å²) < 4.78 is 5.39. The second-order valence-corrected chi connectivity index (χ2v) is 6.26. The topological polar surface area (TPSA) is 35.2 Å². The predicted octanol–water partition coefficient (Wildman–Crippen LogP) is 3.95. The normalized spacial score (nSPS) is 24.6. The highest BCUT2D eigenvalue weighted by molar-refractivity contribution is 8.00. The van der Waals surface area contributed by atoms with E-state index >= 15 is 0 Å². The Labute approximate surface area is 108 Å². The maximum absolute atomic E-state index is 5.77. The molecule has 1 aliphatic carbocycles. The van der Waals surface area contributed by atoms with E-state index in [2.05, 4.69) is 13.0 Å². The lowest BCUT2D eigenvalue weighted by molar-refractivity contribution is 0.391. The number of methoxy groups -OCH3 is 1. The molecule has 0 radical (unpaired) electrons. The largest absolute Gasteiger partial charge is 0.496 e. The van der Waals surface area contributed by atoms with Crippen molar-refractivity contribution in [2.75, 3.05) is 12.8 Å². The minimum atomic E-state index is 0.733. The summed E-state index contributed by atoms with van der Waals surface area (Å²) in [6.45, 7) is 2.35. The van der Waals surface area contributed by atoms with Crippen LogP contribution < -0.4 is 10.5 Å². The van der Waals surface area contributed by atoms with Crippen molar-refractivity contribution in [3.63, 3.8) is 0 Å². The van der Waals surface area contributed by atoms with E-state index in [9.17, 15) is 0 Å². The minimum absolute atomic E-state index is 0.733. The monoisotopic (exact) mass is 251 g/mol. The Balaban J connectivity index is 2.07. The Morgan fingerprint density at radius 3 is 2.88 bits per heavy atom. The highest BCUT2D eigenvalue weighted by Gasteiger charge is 2.20. The Morgan fingerprint density at radius 2 is 2.18 bits per heavy atom. The van der Waals surface area contributed by atoms with Crippen LogP contribution in [0.5, 0.6) is 5.75 Å². The van der Waals surface area contributed by atoms with Gasteiger partial charge in [0.05, 0.1) is 7.11 Å². The first-order valence-corrected chi connectivity index (χ1v) is 7.17. The molecule has 0 amide bonds. The molecule has 0 aromatic heterocycles. The molecule has 2 unspecified atom stereocenters. The van der Waals surface area contributed by atoms with E-state index in [-0.39, 0.29) is 0 Å². The van der Waals surface area contributed by atoms with Crippen LogP contribution in [0.3, 0.4) is 0 Å². The third-order valence-corrected chi connectivity index (χ3v) is 4.72. The van der Waals surface area contributed by atoms with E-state index < -0.39 is 0 Å². The first-order valence-electron chi connectivity index (χ1n) is 6.29. The Bertz CT molecular complexity index is 380. The summed E-state index contributed by atoms with van der Waals surface area (Å²) in [4.78, 5) is 1.22.